The van der Waals surface area contributed by atoms with Gasteiger partial charge in [0, 0.05) is 26.2 Å². The molecule has 1 saturated heterocycles. The van der Waals surface area contributed by atoms with Crippen molar-refractivity contribution in [1.82, 2.24) is 15.5 Å². The zero-order valence-electron chi connectivity index (χ0n) is 18.8. The van der Waals surface area contributed by atoms with Gasteiger partial charge in [0.1, 0.15) is 12.4 Å². The molecular weight excluding hydrogens is 495 g/mol. The van der Waals surface area contributed by atoms with Gasteiger partial charge < -0.3 is 25.2 Å². The third kappa shape index (κ3) is 9.80. The van der Waals surface area contributed by atoms with Gasteiger partial charge in [0.15, 0.2) is 5.96 Å². The van der Waals surface area contributed by atoms with Crippen molar-refractivity contribution in [3.8, 4) is 5.75 Å². The highest BCUT2D eigenvalue weighted by Gasteiger charge is 2.25. The number of β-amino-alcohol motifs (C(OH)–C–C–N with tert-alkyl or cyclic N) is 1. The monoisotopic (exact) mass is 534 g/mol. The number of hydrogen-bond acceptors (Lipinski definition) is 5. The van der Waals surface area contributed by atoms with Gasteiger partial charge in [0.25, 0.3) is 0 Å². The van der Waals surface area contributed by atoms with Gasteiger partial charge in [-0.25, -0.2) is 0 Å². The summed E-state index contributed by atoms with van der Waals surface area (Å²) in [6, 6.07) is 8.16. The van der Waals surface area contributed by atoms with E-state index in [9.17, 15) is 5.11 Å². The van der Waals surface area contributed by atoms with Gasteiger partial charge in [-0.05, 0) is 31.4 Å². The molecule has 8 heteroatoms. The zero-order chi connectivity index (χ0) is 21.1. The highest BCUT2D eigenvalue weighted by Crippen LogP contribution is 2.25. The number of ether oxygens (including phenoxy) is 2. The molecule has 172 valence electrons. The van der Waals surface area contributed by atoms with E-state index in [2.05, 4.69) is 40.4 Å². The Balaban J connectivity index is 0.00000450. The molecule has 0 aliphatic carbocycles. The molecule has 7 nitrogen and oxygen atoms in total. The molecule has 1 aromatic rings. The molecule has 1 atom stereocenters. The van der Waals surface area contributed by atoms with Crippen molar-refractivity contribution in [2.45, 2.75) is 39.2 Å². The van der Waals surface area contributed by atoms with Crippen LogP contribution in [0.4, 0.5) is 0 Å². The Labute approximate surface area is 198 Å². The summed E-state index contributed by atoms with van der Waals surface area (Å²) in [7, 11) is 0. The SMILES string of the molecule is CCNC(=NCC(C)(O)CN1CCOCC1)NCCOc1ccccc1C(C)C.I. The van der Waals surface area contributed by atoms with E-state index in [-0.39, 0.29) is 24.0 Å². The average molecular weight is 534 g/mol. The number of para-hydroxylation sites is 1. The van der Waals surface area contributed by atoms with Crippen LogP contribution >= 0.6 is 24.0 Å². The van der Waals surface area contributed by atoms with Crippen molar-refractivity contribution in [2.24, 2.45) is 4.99 Å². The number of aliphatic imine (C=N–C) groups is 1. The van der Waals surface area contributed by atoms with Gasteiger partial charge in [-0.1, -0.05) is 32.0 Å². The smallest absolute Gasteiger partial charge is 0.191 e. The summed E-state index contributed by atoms with van der Waals surface area (Å²) in [6.07, 6.45) is 0. The first kappa shape index (κ1) is 26.9. The predicted molar refractivity (Wildman–Crippen MR) is 133 cm³/mol. The maximum absolute atomic E-state index is 10.7. The van der Waals surface area contributed by atoms with Gasteiger partial charge >= 0.3 is 0 Å². The summed E-state index contributed by atoms with van der Waals surface area (Å²) in [5.74, 6) is 2.04. The Bertz CT molecular complexity index is 635. The molecule has 1 unspecified atom stereocenters. The summed E-state index contributed by atoms with van der Waals surface area (Å²) in [6.45, 7) is 14.2. The van der Waals surface area contributed by atoms with Gasteiger partial charge in [0.05, 0.1) is 31.9 Å². The number of halogens is 1. The lowest BCUT2D eigenvalue weighted by atomic mass is 10.0. The third-order valence-corrected chi connectivity index (χ3v) is 4.78. The van der Waals surface area contributed by atoms with Crippen LogP contribution in [0.2, 0.25) is 0 Å². The molecular formula is C22H39IN4O3. The minimum atomic E-state index is -0.883. The second-order valence-corrected chi connectivity index (χ2v) is 8.05. The quantitative estimate of drug-likeness (QED) is 0.185. The third-order valence-electron chi connectivity index (χ3n) is 4.78. The van der Waals surface area contributed by atoms with E-state index in [4.69, 9.17) is 9.47 Å². The van der Waals surface area contributed by atoms with Gasteiger partial charge in [-0.3, -0.25) is 9.89 Å². The van der Waals surface area contributed by atoms with Crippen molar-refractivity contribution >= 4 is 29.9 Å². The Hall–Kier alpha value is -1.10. The molecule has 0 aromatic heterocycles. The Kier molecular flexibility index (Phi) is 12.6. The van der Waals surface area contributed by atoms with Crippen molar-refractivity contribution < 1.29 is 14.6 Å². The van der Waals surface area contributed by atoms with E-state index < -0.39 is 5.60 Å². The van der Waals surface area contributed by atoms with Crippen molar-refractivity contribution in [3.63, 3.8) is 0 Å². The van der Waals surface area contributed by atoms with E-state index in [0.29, 0.717) is 38.1 Å². The second kappa shape index (κ2) is 14.1. The molecule has 2 rings (SSSR count). The molecule has 1 aliphatic rings. The van der Waals surface area contributed by atoms with Crippen LogP contribution in [0, 0.1) is 0 Å². The number of guanidine groups is 1. The molecule has 3 N–H and O–H groups in total. The first-order valence-electron chi connectivity index (χ1n) is 10.7. The number of rotatable bonds is 10. The summed E-state index contributed by atoms with van der Waals surface area (Å²) >= 11 is 0. The Morgan fingerprint density at radius 3 is 2.63 bits per heavy atom. The number of aliphatic hydroxyl groups is 1. The standard InChI is InChI=1S/C22H38N4O3.HI/c1-5-23-21(25-16-22(4,27)17-26-11-14-28-15-12-26)24-10-13-29-20-9-7-6-8-19(20)18(2)3;/h6-9,18,27H,5,10-17H2,1-4H3,(H2,23,24,25);1H. The molecule has 0 bridgehead atoms. The van der Waals surface area contributed by atoms with Crippen LogP contribution in [-0.4, -0.2) is 80.7 Å². The van der Waals surface area contributed by atoms with Crippen LogP contribution in [0.25, 0.3) is 0 Å². The molecule has 0 saturated carbocycles. The van der Waals surface area contributed by atoms with Crippen LogP contribution < -0.4 is 15.4 Å². The predicted octanol–water partition coefficient (Wildman–Crippen LogP) is 2.45. The van der Waals surface area contributed by atoms with Crippen LogP contribution in [0.5, 0.6) is 5.75 Å². The van der Waals surface area contributed by atoms with E-state index in [1.807, 2.05) is 32.0 Å². The van der Waals surface area contributed by atoms with Gasteiger partial charge in [-0.15, -0.1) is 24.0 Å². The highest BCUT2D eigenvalue weighted by molar-refractivity contribution is 14.0. The van der Waals surface area contributed by atoms with Crippen LogP contribution in [-0.2, 0) is 4.74 Å². The first-order valence-corrected chi connectivity index (χ1v) is 10.7. The summed E-state index contributed by atoms with van der Waals surface area (Å²) < 4.78 is 11.3. The second-order valence-electron chi connectivity index (χ2n) is 8.05. The van der Waals surface area contributed by atoms with E-state index in [1.54, 1.807) is 0 Å². The van der Waals surface area contributed by atoms with Crippen LogP contribution in [0.3, 0.4) is 0 Å². The zero-order valence-corrected chi connectivity index (χ0v) is 21.1. The lowest BCUT2D eigenvalue weighted by Crippen LogP contribution is -2.48. The molecule has 0 spiro atoms. The van der Waals surface area contributed by atoms with Crippen LogP contribution in [0.15, 0.2) is 29.3 Å². The summed E-state index contributed by atoms with van der Waals surface area (Å²) in [4.78, 5) is 6.79. The Morgan fingerprint density at radius 1 is 1.27 bits per heavy atom. The molecule has 30 heavy (non-hydrogen) atoms. The topological polar surface area (TPSA) is 78.4 Å². The summed E-state index contributed by atoms with van der Waals surface area (Å²) in [5.41, 5.74) is 0.332. The number of nitrogens with zero attached hydrogens (tertiary/aromatic N) is 2. The fraction of sp³-hybridized carbons (Fsp3) is 0.682. The molecule has 1 aliphatic heterocycles. The van der Waals surface area contributed by atoms with Gasteiger partial charge in [0.2, 0.25) is 0 Å². The number of morpholine rings is 1. The van der Waals surface area contributed by atoms with Gasteiger partial charge in [-0.2, -0.15) is 0 Å². The molecule has 0 radical (unpaired) electrons. The fourth-order valence-electron chi connectivity index (χ4n) is 3.30. The van der Waals surface area contributed by atoms with E-state index in [0.717, 1.165) is 38.6 Å². The van der Waals surface area contributed by atoms with Crippen LogP contribution in [0.1, 0.15) is 39.2 Å². The fourth-order valence-corrected chi connectivity index (χ4v) is 3.30. The highest BCUT2D eigenvalue weighted by atomic mass is 127. The van der Waals surface area contributed by atoms with Crippen molar-refractivity contribution in [1.29, 1.82) is 0 Å². The lowest BCUT2D eigenvalue weighted by molar-refractivity contribution is -0.0179. The molecule has 1 heterocycles. The van der Waals surface area contributed by atoms with Crippen molar-refractivity contribution in [3.05, 3.63) is 29.8 Å². The molecule has 1 fully saturated rings. The van der Waals surface area contributed by atoms with E-state index >= 15 is 0 Å². The van der Waals surface area contributed by atoms with E-state index in [1.165, 1.54) is 5.56 Å². The maximum atomic E-state index is 10.7. The minimum absolute atomic E-state index is 0. The summed E-state index contributed by atoms with van der Waals surface area (Å²) in [5, 5.41) is 17.2. The largest absolute Gasteiger partial charge is 0.491 e. The number of hydrogen-bond donors (Lipinski definition) is 3. The molecule has 0 amide bonds. The Morgan fingerprint density at radius 2 is 1.97 bits per heavy atom. The average Bonchev–Trinajstić information content (AvgIpc) is 2.70. The lowest BCUT2D eigenvalue weighted by Gasteiger charge is -2.33. The number of nitrogens with one attached hydrogen (secondary N) is 2. The minimum Gasteiger partial charge on any atom is -0.491 e. The number of benzene rings is 1. The van der Waals surface area contributed by atoms with Crippen molar-refractivity contribution in [2.75, 3.05) is 59.1 Å². The maximum Gasteiger partial charge on any atom is 0.191 e. The normalized spacial score (nSPS) is 17.2. The molecule has 1 aromatic carbocycles. The first-order chi connectivity index (χ1) is 13.9.